The summed E-state index contributed by atoms with van der Waals surface area (Å²) >= 11 is 0. The van der Waals surface area contributed by atoms with E-state index < -0.39 is 41.2 Å². The molecule has 0 bridgehead atoms. The molecule has 3 aromatic heterocycles. The second-order valence-corrected chi connectivity index (χ2v) is 24.6. The molecule has 18 heteroatoms. The summed E-state index contributed by atoms with van der Waals surface area (Å²) in [6, 6.07) is 19.8. The summed E-state index contributed by atoms with van der Waals surface area (Å²) in [5.74, 6) is 1.52. The van der Waals surface area contributed by atoms with Crippen molar-refractivity contribution < 1.29 is 27.1 Å². The van der Waals surface area contributed by atoms with Crippen molar-refractivity contribution >= 4 is 53.9 Å². The minimum Gasteiger partial charge on any atom is -0.455 e. The number of piperidine rings is 1. The third-order valence-corrected chi connectivity index (χ3v) is 19.4. The maximum atomic E-state index is 14.0. The molecular weight excluding hydrogens is 915 g/mol. The Morgan fingerprint density at radius 1 is 0.971 bits per heavy atom. The fraction of sp³-hybridized carbons (Fsp3) is 0.510. The number of anilines is 2. The van der Waals surface area contributed by atoms with Crippen LogP contribution >= 0.6 is 0 Å². The van der Waals surface area contributed by atoms with E-state index in [0.29, 0.717) is 52.9 Å². The van der Waals surface area contributed by atoms with Crippen molar-refractivity contribution in [2.45, 2.75) is 120 Å². The molecule has 366 valence electrons. The highest BCUT2D eigenvalue weighted by atomic mass is 32.2. The number of hydrogen-bond donors (Lipinski definition) is 3. The SMILES string of the molecule is CC(C)c1ccccc1[C@H]1CCCN1C1CC2(CCN(c3ccc(C(=O)NS(=O)(=O)c4cnc(NCC5CCC(N=S6(=O)CCCC6)CC5)c([N+](=O)[O-])c4)c(Oc4cnc5[nH]ccc5c4)c3)CC2)C1. The lowest BCUT2D eigenvalue weighted by Gasteiger charge is -2.56. The lowest BCUT2D eigenvalue weighted by Crippen LogP contribution is -2.54. The van der Waals surface area contributed by atoms with Gasteiger partial charge in [-0.2, -0.15) is 0 Å². The standard InChI is InChI=1S/C51H63N9O7S2/c1-34(2)42-8-3-4-9-43(42)45-10-7-21-59(45)39-29-51(30-39)18-22-58(23-19-51)38-15-16-44(47(27-38)67-40-26-36-17-20-52-48(36)54-32-40)50(61)57-69(65,66)41-28-46(60(62)63)49(55-33-41)53-31-35-11-13-37(14-12-35)56-68(64)24-5-6-25-68/h3-4,8-9,15-17,20,26-28,32-35,37,39,45H,5-7,10-14,18-19,21-25,29-31H2,1-2H3,(H,52,54)(H,53,55)(H,57,61)/t35?,37?,45-/m1/s1. The molecule has 5 aromatic rings. The fourth-order valence-corrected chi connectivity index (χ4v) is 15.1. The summed E-state index contributed by atoms with van der Waals surface area (Å²) < 4.78 is 53.8. The molecule has 2 aliphatic carbocycles. The minimum atomic E-state index is -4.64. The van der Waals surface area contributed by atoms with Crippen molar-refractivity contribution in [1.82, 2.24) is 24.6 Å². The Morgan fingerprint density at radius 2 is 1.74 bits per heavy atom. The van der Waals surface area contributed by atoms with Crippen molar-refractivity contribution in [2.75, 3.05) is 47.9 Å². The Kier molecular flexibility index (Phi) is 13.2. The summed E-state index contributed by atoms with van der Waals surface area (Å²) in [6.45, 7) is 7.79. The van der Waals surface area contributed by atoms with Gasteiger partial charge in [-0.3, -0.25) is 19.8 Å². The summed E-state index contributed by atoms with van der Waals surface area (Å²) in [4.78, 5) is 41.9. The average molecular weight is 978 g/mol. The zero-order valence-corrected chi connectivity index (χ0v) is 41.1. The zero-order chi connectivity index (χ0) is 47.9. The second-order valence-electron chi connectivity index (χ2n) is 20.4. The van der Waals surface area contributed by atoms with Crippen molar-refractivity contribution in [3.8, 4) is 11.5 Å². The third kappa shape index (κ3) is 10.1. The van der Waals surface area contributed by atoms with Gasteiger partial charge in [0.1, 0.15) is 22.0 Å². The maximum absolute atomic E-state index is 14.0. The van der Waals surface area contributed by atoms with Gasteiger partial charge in [-0.15, -0.1) is 0 Å². The van der Waals surface area contributed by atoms with Crippen LogP contribution in [0.1, 0.15) is 124 Å². The number of likely N-dealkylation sites (tertiary alicyclic amines) is 1. The lowest BCUT2D eigenvalue weighted by atomic mass is 9.59. The molecule has 0 unspecified atom stereocenters. The van der Waals surface area contributed by atoms with Gasteiger partial charge in [-0.1, -0.05) is 38.1 Å². The van der Waals surface area contributed by atoms with Crippen LogP contribution in [0.15, 0.2) is 88.5 Å². The number of aromatic nitrogens is 3. The van der Waals surface area contributed by atoms with E-state index in [-0.39, 0.29) is 29.1 Å². The quantitative estimate of drug-likeness (QED) is 0.0703. The van der Waals surface area contributed by atoms with E-state index in [0.717, 1.165) is 94.3 Å². The lowest BCUT2D eigenvalue weighted by molar-refractivity contribution is -0.384. The second kappa shape index (κ2) is 19.3. The molecular formula is C51H63N9O7S2. The molecule has 1 spiro atoms. The summed E-state index contributed by atoms with van der Waals surface area (Å²) in [7, 11) is -6.72. The number of rotatable bonds is 14. The number of aromatic amines is 1. The van der Waals surface area contributed by atoms with Gasteiger partial charge in [0.25, 0.3) is 15.9 Å². The van der Waals surface area contributed by atoms with E-state index in [4.69, 9.17) is 9.10 Å². The largest absolute Gasteiger partial charge is 0.455 e. The van der Waals surface area contributed by atoms with Crippen LogP contribution in [0, 0.1) is 21.4 Å². The first-order chi connectivity index (χ1) is 33.2. The van der Waals surface area contributed by atoms with Crippen LogP contribution in [-0.2, 0) is 19.8 Å². The van der Waals surface area contributed by atoms with E-state index in [9.17, 15) is 27.5 Å². The average Bonchev–Trinajstić information content (AvgIpc) is 4.12. The van der Waals surface area contributed by atoms with Gasteiger partial charge in [-0.05, 0) is 136 Å². The number of amides is 1. The number of ether oxygens (including phenoxy) is 1. The number of pyridine rings is 2. The monoisotopic (exact) mass is 977 g/mol. The normalized spacial score (nSPS) is 22.7. The number of nitrogens with one attached hydrogen (secondary N) is 3. The molecule has 3 aliphatic heterocycles. The molecule has 10 rings (SSSR count). The van der Waals surface area contributed by atoms with Crippen LogP contribution in [0.4, 0.5) is 17.2 Å². The molecule has 2 saturated carbocycles. The third-order valence-electron chi connectivity index (χ3n) is 15.5. The van der Waals surface area contributed by atoms with Crippen LogP contribution in [0.5, 0.6) is 11.5 Å². The predicted octanol–water partition coefficient (Wildman–Crippen LogP) is 9.72. The van der Waals surface area contributed by atoms with Crippen LogP contribution in [0.2, 0.25) is 0 Å². The maximum Gasteiger partial charge on any atom is 0.312 e. The predicted molar refractivity (Wildman–Crippen MR) is 268 cm³/mol. The van der Waals surface area contributed by atoms with Gasteiger partial charge in [0, 0.05) is 82.4 Å². The first-order valence-electron chi connectivity index (χ1n) is 24.8. The van der Waals surface area contributed by atoms with E-state index in [1.54, 1.807) is 24.4 Å². The molecule has 5 aliphatic rings. The summed E-state index contributed by atoms with van der Waals surface area (Å²) in [6.07, 6.45) is 16.4. The number of H-pyrrole nitrogens is 1. The van der Waals surface area contributed by atoms with E-state index in [1.807, 2.05) is 12.1 Å². The molecule has 3 saturated heterocycles. The van der Waals surface area contributed by atoms with Gasteiger partial charge in [-0.25, -0.2) is 31.7 Å². The number of fused-ring (bicyclic) bond motifs is 1. The van der Waals surface area contributed by atoms with Gasteiger partial charge >= 0.3 is 5.69 Å². The molecule has 0 radical (unpaired) electrons. The molecule has 3 N–H and O–H groups in total. The number of benzene rings is 2. The number of carbonyl (C=O) groups is 1. The first kappa shape index (κ1) is 47.1. The van der Waals surface area contributed by atoms with Crippen molar-refractivity contribution in [1.29, 1.82) is 0 Å². The zero-order valence-electron chi connectivity index (χ0n) is 39.5. The first-order valence-corrected chi connectivity index (χ1v) is 28.1. The topological polar surface area (TPSA) is 205 Å². The number of hydrogen-bond acceptors (Lipinski definition) is 13. The Hall–Kier alpha value is -5.59. The molecule has 1 amide bonds. The number of nitrogens with zero attached hydrogens (tertiary/aromatic N) is 6. The van der Waals surface area contributed by atoms with E-state index >= 15 is 0 Å². The molecule has 5 fully saturated rings. The highest BCUT2D eigenvalue weighted by Crippen LogP contribution is 2.54. The van der Waals surface area contributed by atoms with Gasteiger partial charge in [0.2, 0.25) is 5.82 Å². The molecule has 6 heterocycles. The Bertz CT molecular complexity index is 2950. The smallest absolute Gasteiger partial charge is 0.312 e. The Balaban J connectivity index is 0.811. The van der Waals surface area contributed by atoms with Gasteiger partial charge in [0.15, 0.2) is 0 Å². The van der Waals surface area contributed by atoms with Crippen LogP contribution in [0.25, 0.3) is 11.0 Å². The van der Waals surface area contributed by atoms with E-state index in [1.165, 1.54) is 43.0 Å². The van der Waals surface area contributed by atoms with Crippen molar-refractivity contribution in [2.24, 2.45) is 15.7 Å². The van der Waals surface area contributed by atoms with E-state index in [2.05, 4.69) is 72.9 Å². The molecule has 1 atom stereocenters. The fourth-order valence-electron chi connectivity index (χ4n) is 11.7. The van der Waals surface area contributed by atoms with Crippen LogP contribution in [0.3, 0.4) is 0 Å². The minimum absolute atomic E-state index is 0.0376. The van der Waals surface area contributed by atoms with Crippen molar-refractivity contribution in [3.63, 3.8) is 0 Å². The Labute approximate surface area is 404 Å². The summed E-state index contributed by atoms with van der Waals surface area (Å²) in [5, 5.41) is 16.1. The van der Waals surface area contributed by atoms with Gasteiger partial charge < -0.3 is 19.9 Å². The van der Waals surface area contributed by atoms with Crippen LogP contribution in [-0.4, -0.2) is 93.1 Å². The molecule has 16 nitrogen and oxygen atoms in total. The number of carbonyl (C=O) groups excluding carboxylic acids is 1. The highest BCUT2D eigenvalue weighted by Gasteiger charge is 2.50. The summed E-state index contributed by atoms with van der Waals surface area (Å²) in [5.41, 5.74) is 4.20. The number of nitro groups is 1. The van der Waals surface area contributed by atoms with Crippen molar-refractivity contribution in [3.05, 3.63) is 106 Å². The Morgan fingerprint density at radius 3 is 2.49 bits per heavy atom. The van der Waals surface area contributed by atoms with Gasteiger partial charge in [0.05, 0.1) is 28.9 Å². The molecule has 69 heavy (non-hydrogen) atoms. The molecule has 2 aromatic carbocycles. The highest BCUT2D eigenvalue weighted by molar-refractivity contribution is 7.93. The van der Waals surface area contributed by atoms with Crippen LogP contribution < -0.4 is 19.7 Å². The number of sulfonamides is 1.